The van der Waals surface area contributed by atoms with Crippen molar-refractivity contribution in [2.45, 2.75) is 137 Å². The Kier molecular flexibility index (Phi) is 19.7. The van der Waals surface area contributed by atoms with Crippen LogP contribution in [0.2, 0.25) is 0 Å². The Hall–Kier alpha value is -6.10. The van der Waals surface area contributed by atoms with Gasteiger partial charge in [-0.3, -0.25) is 14.4 Å². The van der Waals surface area contributed by atoms with Gasteiger partial charge in [0.15, 0.2) is 5.75 Å². The van der Waals surface area contributed by atoms with Crippen LogP contribution in [-0.4, -0.2) is 99.9 Å². The monoisotopic (exact) mass is 972 g/mol. The van der Waals surface area contributed by atoms with Gasteiger partial charge >= 0.3 is 11.8 Å². The molecule has 0 saturated carbocycles. The number of amides is 1. The number of rotatable bonds is 16. The van der Waals surface area contributed by atoms with Gasteiger partial charge in [0.05, 0.1) is 59.6 Å². The van der Waals surface area contributed by atoms with Gasteiger partial charge in [-0.25, -0.2) is 0 Å². The number of anilines is 1. The van der Waals surface area contributed by atoms with Crippen molar-refractivity contribution in [2.24, 2.45) is 28.8 Å². The lowest BCUT2D eigenvalue weighted by atomic mass is 9.78. The number of hydrogen-bond donors (Lipinski definition) is 6. The number of hydrogen-bond acceptors (Lipinski definition) is 15. The average Bonchev–Trinajstić information content (AvgIpc) is 3.60. The molecule has 3 aliphatic rings. The van der Waals surface area contributed by atoms with E-state index in [-0.39, 0.29) is 51.1 Å². The highest BCUT2D eigenvalue weighted by atomic mass is 16.7. The number of phenolic OH excluding ortho intramolecular Hbond substituents is 3. The Morgan fingerprint density at radius 1 is 0.829 bits per heavy atom. The van der Waals surface area contributed by atoms with Gasteiger partial charge < -0.3 is 59.4 Å². The number of phenols is 3. The van der Waals surface area contributed by atoms with Crippen molar-refractivity contribution >= 4 is 40.3 Å². The summed E-state index contributed by atoms with van der Waals surface area (Å²) in [6.07, 6.45) is 12.6. The summed E-state index contributed by atoms with van der Waals surface area (Å²) in [5.74, 6) is -7.75. The summed E-state index contributed by atoms with van der Waals surface area (Å²) in [6, 6.07) is 9.78. The number of para-hydroxylation sites is 1. The van der Waals surface area contributed by atoms with Crippen LogP contribution < -0.4 is 14.8 Å². The number of aliphatic hydroxyl groups is 2. The SMILES string of the molecule is CO[C@H]1/C=C/O[C@@]2(C)Oc3c(C)c(O)c4c(O)c(c(/C=N/OCCCCCCCCCCOc5ccccc5)c(O)c4c3C2=O)NC(=O)/C(C)=C\C=C\[C@H](C)[C@H](O)[C@@H](C)[C@@H](O)[C@@H](C)[C@H](OC(C)=O)[C@@H]1C. The number of Topliss-reactive ketones (excluding diaryl/α,β-unsaturated/α-hetero) is 1. The zero-order chi connectivity index (χ0) is 51.3. The van der Waals surface area contributed by atoms with Crippen molar-refractivity contribution in [2.75, 3.05) is 25.6 Å². The minimum absolute atomic E-state index is 0.0368. The van der Waals surface area contributed by atoms with Gasteiger partial charge in [-0.05, 0) is 51.3 Å². The fraction of sp³-hybridized carbons (Fsp3) is 0.519. The second-order valence-corrected chi connectivity index (χ2v) is 18.7. The fourth-order valence-electron chi connectivity index (χ4n) is 9.05. The summed E-state index contributed by atoms with van der Waals surface area (Å²) in [4.78, 5) is 46.3. The number of ketones is 1. The van der Waals surface area contributed by atoms with Crippen molar-refractivity contribution in [1.29, 1.82) is 0 Å². The summed E-state index contributed by atoms with van der Waals surface area (Å²) in [5, 5.41) is 64.8. The van der Waals surface area contributed by atoms with E-state index in [2.05, 4.69) is 10.5 Å². The zero-order valence-corrected chi connectivity index (χ0v) is 41.9. The van der Waals surface area contributed by atoms with E-state index >= 15 is 0 Å². The van der Waals surface area contributed by atoms with Crippen LogP contribution in [0, 0.1) is 30.6 Å². The van der Waals surface area contributed by atoms with E-state index in [4.69, 9.17) is 28.5 Å². The first kappa shape index (κ1) is 54.8. The zero-order valence-electron chi connectivity index (χ0n) is 41.9. The van der Waals surface area contributed by atoms with Crippen LogP contribution in [0.25, 0.3) is 10.8 Å². The third kappa shape index (κ3) is 13.0. The molecule has 6 N–H and O–H groups in total. The first-order chi connectivity index (χ1) is 33.3. The molecule has 0 saturated heterocycles. The molecule has 0 aliphatic carbocycles. The number of ether oxygens (including phenoxy) is 5. The van der Waals surface area contributed by atoms with Crippen molar-refractivity contribution < 1.29 is 68.4 Å². The van der Waals surface area contributed by atoms with Crippen LogP contribution in [0.5, 0.6) is 28.7 Å². The third-order valence-electron chi connectivity index (χ3n) is 13.4. The molecule has 382 valence electrons. The summed E-state index contributed by atoms with van der Waals surface area (Å²) in [6.45, 7) is 13.4. The minimum Gasteiger partial charge on any atom is -0.507 e. The number of oxime groups is 1. The van der Waals surface area contributed by atoms with Crippen molar-refractivity contribution in [3.8, 4) is 28.7 Å². The van der Waals surface area contributed by atoms with Crippen LogP contribution in [0.3, 0.4) is 0 Å². The van der Waals surface area contributed by atoms with Gasteiger partial charge in [-0.2, -0.15) is 0 Å². The molecule has 0 aromatic heterocycles. The molecule has 0 fully saturated rings. The van der Waals surface area contributed by atoms with Crippen molar-refractivity contribution in [3.63, 3.8) is 0 Å². The van der Waals surface area contributed by atoms with Crippen LogP contribution in [0.4, 0.5) is 5.69 Å². The lowest BCUT2D eigenvalue weighted by Crippen LogP contribution is -2.46. The predicted molar refractivity (Wildman–Crippen MR) is 266 cm³/mol. The van der Waals surface area contributed by atoms with E-state index in [9.17, 15) is 39.9 Å². The van der Waals surface area contributed by atoms with Gasteiger partial charge in [-0.1, -0.05) is 101 Å². The van der Waals surface area contributed by atoms with Gasteiger partial charge in [0, 0.05) is 61.2 Å². The number of esters is 1. The second kappa shape index (κ2) is 25.1. The van der Waals surface area contributed by atoms with Gasteiger partial charge in [-0.15, -0.1) is 0 Å². The van der Waals surface area contributed by atoms with Gasteiger partial charge in [0.25, 0.3) is 11.7 Å². The number of unbranched alkanes of at least 4 members (excludes halogenated alkanes) is 7. The first-order valence-corrected chi connectivity index (χ1v) is 24.3. The van der Waals surface area contributed by atoms with E-state index in [1.54, 1.807) is 39.8 Å². The highest BCUT2D eigenvalue weighted by Gasteiger charge is 2.50. The summed E-state index contributed by atoms with van der Waals surface area (Å²) in [7, 11) is 1.43. The Morgan fingerprint density at radius 3 is 2.11 bits per heavy atom. The van der Waals surface area contributed by atoms with Crippen molar-refractivity contribution in [3.05, 3.63) is 83.2 Å². The number of benzene rings is 3. The number of carbonyl (C=O) groups is 3. The topological polar surface area (TPSA) is 232 Å². The fourth-order valence-corrected chi connectivity index (χ4v) is 9.05. The Labute approximate surface area is 410 Å². The number of nitrogens with one attached hydrogen (secondary N) is 1. The van der Waals surface area contributed by atoms with E-state index in [0.717, 1.165) is 56.9 Å². The number of nitrogens with zero attached hydrogens (tertiary/aromatic N) is 1. The number of fused-ring (bicyclic) bond motifs is 14. The maximum Gasteiger partial charge on any atom is 0.312 e. The molecule has 1 amide bonds. The summed E-state index contributed by atoms with van der Waals surface area (Å²) >= 11 is 0. The third-order valence-corrected chi connectivity index (χ3v) is 13.4. The molecule has 3 aliphatic heterocycles. The molecule has 3 aromatic rings. The largest absolute Gasteiger partial charge is 0.507 e. The quantitative estimate of drug-likeness (QED) is 0.0196. The molecule has 16 heteroatoms. The van der Waals surface area contributed by atoms with E-state index in [0.29, 0.717) is 13.0 Å². The molecular formula is C54H72N2O14. The smallest absolute Gasteiger partial charge is 0.312 e. The Morgan fingerprint density at radius 2 is 1.47 bits per heavy atom. The molecule has 0 radical (unpaired) electrons. The predicted octanol–water partition coefficient (Wildman–Crippen LogP) is 9.30. The molecule has 70 heavy (non-hydrogen) atoms. The molecule has 3 heterocycles. The highest BCUT2D eigenvalue weighted by Crippen LogP contribution is 2.55. The number of aliphatic hydroxyl groups excluding tert-OH is 2. The van der Waals surface area contributed by atoms with E-state index in [1.165, 1.54) is 53.2 Å². The van der Waals surface area contributed by atoms with E-state index in [1.807, 2.05) is 30.3 Å². The molecular weight excluding hydrogens is 901 g/mol. The van der Waals surface area contributed by atoms with Crippen LogP contribution in [0.1, 0.15) is 121 Å². The Balaban J connectivity index is 1.43. The highest BCUT2D eigenvalue weighted by molar-refractivity contribution is 6.23. The number of methoxy groups -OCH3 is 1. The lowest BCUT2D eigenvalue weighted by Gasteiger charge is -2.38. The standard InChI is InChI=1S/C54H72N2O14/c1-31-22-21-23-32(2)53(64)56-44-39(30-55-68-28-20-15-13-11-10-12-14-19-27-66-38-24-17-16-18-25-38)48(61)41-42(49(44)62)47(60)36(6)51-43(41)52(63)54(8,70-51)67-29-26-40(65-9)33(3)50(69-37(7)57)35(5)46(59)34(4)45(31)58/h16-18,21-26,29-31,33-35,40,45-46,50,58-62H,10-15,19-20,27-28H2,1-9H3,(H,56,64)/b22-21+,29-26+,32-23-,55-30+/t31-,33+,34+,35+,40-,45-,46+,50+,54-/m0/s1. The number of allylic oxidation sites excluding steroid dienone is 2. The molecule has 6 rings (SSSR count). The van der Waals surface area contributed by atoms with Gasteiger partial charge in [0.1, 0.15) is 35.7 Å². The lowest BCUT2D eigenvalue weighted by molar-refractivity contribution is -0.160. The summed E-state index contributed by atoms with van der Waals surface area (Å²) in [5.41, 5.74) is -0.575. The maximum atomic E-state index is 14.5. The molecule has 16 nitrogen and oxygen atoms in total. The average molecular weight is 973 g/mol. The van der Waals surface area contributed by atoms with Crippen LogP contribution in [0.15, 0.2) is 71.6 Å². The Bertz CT molecular complexity index is 2410. The molecule has 9 atom stereocenters. The molecule has 5 bridgehead atoms. The normalized spacial score (nSPS) is 27.1. The second-order valence-electron chi connectivity index (χ2n) is 18.7. The molecule has 0 unspecified atom stereocenters. The van der Waals surface area contributed by atoms with Crippen molar-refractivity contribution in [1.82, 2.24) is 0 Å². The number of carbonyl (C=O) groups excluding carboxylic acids is 3. The van der Waals surface area contributed by atoms with Crippen LogP contribution in [-0.2, 0) is 28.6 Å². The van der Waals surface area contributed by atoms with Gasteiger partial charge in [0.2, 0.25) is 0 Å². The maximum absolute atomic E-state index is 14.5. The molecule has 3 aromatic carbocycles. The minimum atomic E-state index is -2.07. The first-order valence-electron chi connectivity index (χ1n) is 24.3. The molecule has 0 spiro atoms. The summed E-state index contributed by atoms with van der Waals surface area (Å²) < 4.78 is 29.4. The number of aromatic hydroxyl groups is 3. The van der Waals surface area contributed by atoms with Crippen LogP contribution >= 0.6 is 0 Å². The van der Waals surface area contributed by atoms with E-state index < -0.39 is 88.8 Å².